The number of ether oxygens (including phenoxy) is 1. The van der Waals surface area contributed by atoms with E-state index in [0.717, 1.165) is 29.7 Å². The minimum atomic E-state index is -0.493. The molecule has 2 aromatic carbocycles. The van der Waals surface area contributed by atoms with Crippen LogP contribution in [0.5, 0.6) is 0 Å². The summed E-state index contributed by atoms with van der Waals surface area (Å²) in [4.78, 5) is 39.8. The van der Waals surface area contributed by atoms with Gasteiger partial charge >= 0.3 is 5.97 Å². The van der Waals surface area contributed by atoms with E-state index in [0.29, 0.717) is 33.3 Å². The Morgan fingerprint density at radius 3 is 2.48 bits per heavy atom. The number of hydrogen-bond donors (Lipinski definition) is 2. The molecule has 0 saturated carbocycles. The SMILES string of the molecule is CCOC(=O)c1ccccc1NC(=O)c1c(NC(=O)c2ccccc2)sc2c1CCC(C)C2. The van der Waals surface area contributed by atoms with Gasteiger partial charge in [-0.25, -0.2) is 4.79 Å². The number of esters is 1. The fourth-order valence-corrected chi connectivity index (χ4v) is 5.41. The molecular formula is C26H26N2O4S. The molecule has 0 fully saturated rings. The van der Waals surface area contributed by atoms with E-state index >= 15 is 0 Å². The molecule has 6 nitrogen and oxygen atoms in total. The van der Waals surface area contributed by atoms with E-state index in [1.807, 2.05) is 6.07 Å². The van der Waals surface area contributed by atoms with Gasteiger partial charge in [-0.05, 0) is 61.9 Å². The van der Waals surface area contributed by atoms with E-state index in [2.05, 4.69) is 17.6 Å². The van der Waals surface area contributed by atoms with Crippen LogP contribution in [0.25, 0.3) is 0 Å². The van der Waals surface area contributed by atoms with Gasteiger partial charge < -0.3 is 15.4 Å². The first kappa shape index (κ1) is 22.7. The first-order valence-electron chi connectivity index (χ1n) is 11.1. The molecule has 1 aliphatic rings. The quantitative estimate of drug-likeness (QED) is 0.470. The summed E-state index contributed by atoms with van der Waals surface area (Å²) < 4.78 is 5.12. The Kier molecular flexibility index (Phi) is 6.89. The van der Waals surface area contributed by atoms with Crippen molar-refractivity contribution < 1.29 is 19.1 Å². The minimum absolute atomic E-state index is 0.243. The summed E-state index contributed by atoms with van der Waals surface area (Å²) in [7, 11) is 0. The Morgan fingerprint density at radius 2 is 1.73 bits per heavy atom. The summed E-state index contributed by atoms with van der Waals surface area (Å²) in [5, 5.41) is 6.37. The largest absolute Gasteiger partial charge is 0.462 e. The molecule has 3 aromatic rings. The van der Waals surface area contributed by atoms with Crippen LogP contribution in [0.3, 0.4) is 0 Å². The fraction of sp³-hybridized carbons (Fsp3) is 0.269. The zero-order chi connectivity index (χ0) is 23.4. The number of nitrogens with one attached hydrogen (secondary N) is 2. The molecular weight excluding hydrogens is 436 g/mol. The van der Waals surface area contributed by atoms with E-state index in [-0.39, 0.29) is 18.4 Å². The van der Waals surface area contributed by atoms with Gasteiger partial charge in [0.15, 0.2) is 0 Å². The van der Waals surface area contributed by atoms with Gasteiger partial charge in [-0.3, -0.25) is 9.59 Å². The van der Waals surface area contributed by atoms with Crippen LogP contribution < -0.4 is 10.6 Å². The van der Waals surface area contributed by atoms with Crippen LogP contribution >= 0.6 is 11.3 Å². The Bertz CT molecular complexity index is 1190. The van der Waals surface area contributed by atoms with Crippen molar-refractivity contribution in [3.8, 4) is 0 Å². The third-order valence-electron chi connectivity index (χ3n) is 5.67. The maximum Gasteiger partial charge on any atom is 0.340 e. The molecule has 4 rings (SSSR count). The highest BCUT2D eigenvalue weighted by Gasteiger charge is 2.29. The van der Waals surface area contributed by atoms with E-state index in [4.69, 9.17) is 4.74 Å². The monoisotopic (exact) mass is 462 g/mol. The minimum Gasteiger partial charge on any atom is -0.462 e. The van der Waals surface area contributed by atoms with Crippen LogP contribution in [0.4, 0.5) is 10.7 Å². The van der Waals surface area contributed by atoms with Gasteiger partial charge in [0.1, 0.15) is 5.00 Å². The van der Waals surface area contributed by atoms with E-state index in [1.165, 1.54) is 11.3 Å². The van der Waals surface area contributed by atoms with Gasteiger partial charge in [0.2, 0.25) is 0 Å². The smallest absolute Gasteiger partial charge is 0.340 e. The molecule has 0 bridgehead atoms. The number of thiophene rings is 1. The van der Waals surface area contributed by atoms with Crippen molar-refractivity contribution in [3.05, 3.63) is 81.7 Å². The molecule has 1 heterocycles. The van der Waals surface area contributed by atoms with Gasteiger partial charge in [-0.1, -0.05) is 37.3 Å². The van der Waals surface area contributed by atoms with Crippen molar-refractivity contribution in [3.63, 3.8) is 0 Å². The Hall–Kier alpha value is -3.45. The van der Waals surface area contributed by atoms with E-state index in [1.54, 1.807) is 55.5 Å². The average Bonchev–Trinajstić information content (AvgIpc) is 3.17. The number of carbonyl (C=O) groups is 3. The Labute approximate surface area is 197 Å². The van der Waals surface area contributed by atoms with Crippen molar-refractivity contribution >= 4 is 39.8 Å². The van der Waals surface area contributed by atoms with Crippen LogP contribution in [0.2, 0.25) is 0 Å². The molecule has 0 radical (unpaired) electrons. The lowest BCUT2D eigenvalue weighted by Crippen LogP contribution is -2.20. The summed E-state index contributed by atoms with van der Waals surface area (Å²) >= 11 is 1.46. The summed E-state index contributed by atoms with van der Waals surface area (Å²) in [6.07, 6.45) is 2.63. The summed E-state index contributed by atoms with van der Waals surface area (Å²) in [5.74, 6) is -0.577. The highest BCUT2D eigenvalue weighted by Crippen LogP contribution is 2.40. The number of rotatable bonds is 6. The zero-order valence-corrected chi connectivity index (χ0v) is 19.5. The van der Waals surface area contributed by atoms with Crippen LogP contribution in [0.15, 0.2) is 54.6 Å². The van der Waals surface area contributed by atoms with Crippen LogP contribution in [-0.4, -0.2) is 24.4 Å². The van der Waals surface area contributed by atoms with Crippen LogP contribution in [-0.2, 0) is 17.6 Å². The molecule has 1 unspecified atom stereocenters. The molecule has 2 N–H and O–H groups in total. The van der Waals surface area contributed by atoms with Crippen molar-refractivity contribution in [2.75, 3.05) is 17.2 Å². The van der Waals surface area contributed by atoms with Crippen molar-refractivity contribution in [1.82, 2.24) is 0 Å². The molecule has 1 aromatic heterocycles. The van der Waals surface area contributed by atoms with Crippen LogP contribution in [0.1, 0.15) is 61.8 Å². The predicted molar refractivity (Wildman–Crippen MR) is 130 cm³/mol. The lowest BCUT2D eigenvalue weighted by Gasteiger charge is -2.19. The first-order valence-corrected chi connectivity index (χ1v) is 11.9. The number of fused-ring (bicyclic) bond motifs is 1. The maximum atomic E-state index is 13.5. The number of benzene rings is 2. The van der Waals surface area contributed by atoms with Gasteiger partial charge in [0.25, 0.3) is 11.8 Å². The average molecular weight is 463 g/mol. The first-order chi connectivity index (χ1) is 16.0. The zero-order valence-electron chi connectivity index (χ0n) is 18.6. The highest BCUT2D eigenvalue weighted by molar-refractivity contribution is 7.17. The topological polar surface area (TPSA) is 84.5 Å². The summed E-state index contributed by atoms with van der Waals surface area (Å²) in [6.45, 7) is 4.17. The normalized spacial score (nSPS) is 14.8. The third kappa shape index (κ3) is 4.98. The number of hydrogen-bond acceptors (Lipinski definition) is 5. The molecule has 0 aliphatic heterocycles. The van der Waals surface area contributed by atoms with E-state index < -0.39 is 5.97 Å². The maximum absolute atomic E-state index is 13.5. The summed E-state index contributed by atoms with van der Waals surface area (Å²) in [6, 6.07) is 15.7. The molecule has 0 saturated heterocycles. The predicted octanol–water partition coefficient (Wildman–Crippen LogP) is 5.55. The summed E-state index contributed by atoms with van der Waals surface area (Å²) in [5.41, 5.74) is 2.65. The van der Waals surface area contributed by atoms with Crippen molar-refractivity contribution in [2.24, 2.45) is 5.92 Å². The number of anilines is 2. The van der Waals surface area contributed by atoms with Gasteiger partial charge in [0.05, 0.1) is 23.4 Å². The number of carbonyl (C=O) groups excluding carboxylic acids is 3. The Morgan fingerprint density at radius 1 is 1.00 bits per heavy atom. The molecule has 33 heavy (non-hydrogen) atoms. The number of amides is 2. The second kappa shape index (κ2) is 10.0. The third-order valence-corrected chi connectivity index (χ3v) is 6.84. The molecule has 1 atom stereocenters. The van der Waals surface area contributed by atoms with Crippen molar-refractivity contribution in [2.45, 2.75) is 33.1 Å². The highest BCUT2D eigenvalue weighted by atomic mass is 32.1. The van der Waals surface area contributed by atoms with Gasteiger partial charge in [0, 0.05) is 10.4 Å². The lowest BCUT2D eigenvalue weighted by atomic mass is 9.88. The number of para-hydroxylation sites is 1. The Balaban J connectivity index is 1.67. The molecule has 2 amide bonds. The molecule has 1 aliphatic carbocycles. The second-order valence-electron chi connectivity index (χ2n) is 8.10. The van der Waals surface area contributed by atoms with Gasteiger partial charge in [-0.15, -0.1) is 11.3 Å². The van der Waals surface area contributed by atoms with Crippen LogP contribution in [0, 0.1) is 5.92 Å². The molecule has 170 valence electrons. The van der Waals surface area contributed by atoms with Gasteiger partial charge in [-0.2, -0.15) is 0 Å². The lowest BCUT2D eigenvalue weighted by molar-refractivity contribution is 0.0527. The standard InChI is InChI=1S/C26H26N2O4S/c1-3-32-26(31)18-11-7-8-12-20(18)27-24(30)22-19-14-13-16(2)15-21(19)33-25(22)28-23(29)17-9-5-4-6-10-17/h4-12,16H,3,13-15H2,1-2H3,(H,27,30)(H,28,29). The molecule has 7 heteroatoms. The van der Waals surface area contributed by atoms with E-state index in [9.17, 15) is 14.4 Å². The fourth-order valence-electron chi connectivity index (χ4n) is 4.01. The molecule has 0 spiro atoms. The second-order valence-corrected chi connectivity index (χ2v) is 9.20. The van der Waals surface area contributed by atoms with Crippen molar-refractivity contribution in [1.29, 1.82) is 0 Å².